The average Bonchev–Trinajstić information content (AvgIpc) is 2.41. The van der Waals surface area contributed by atoms with E-state index >= 15 is 0 Å². The Morgan fingerprint density at radius 1 is 1.12 bits per heavy atom. The number of carboxylic acid groups (broad SMARTS) is 1. The maximum absolute atomic E-state index is 11.8. The Morgan fingerprint density at radius 3 is 1.79 bits per heavy atom. The summed E-state index contributed by atoms with van der Waals surface area (Å²) < 4.78 is 4.80. The predicted octanol–water partition coefficient (Wildman–Crippen LogP) is 3.05. The standard InChI is InChI=1S/C11H21NO3S.C6H12O2/c1-3-5-8(6-4-2)10(13)12-9(7-16)11(14)15;1-5(7)8-6(2,3)4/h8-9,16H,3-7H2,1-2H3,(H,12,13)(H,14,15);1-4H3/t9-;/m0./s1. The van der Waals surface area contributed by atoms with E-state index < -0.39 is 12.0 Å². The maximum Gasteiger partial charge on any atom is 0.327 e. The smallest absolute Gasteiger partial charge is 0.327 e. The Labute approximate surface area is 151 Å². The number of thiol groups is 1. The van der Waals surface area contributed by atoms with Gasteiger partial charge in [0.1, 0.15) is 11.6 Å². The molecule has 1 amide bonds. The van der Waals surface area contributed by atoms with Gasteiger partial charge in [0.15, 0.2) is 0 Å². The van der Waals surface area contributed by atoms with Gasteiger partial charge in [-0.3, -0.25) is 9.59 Å². The zero-order valence-electron chi connectivity index (χ0n) is 15.7. The molecule has 142 valence electrons. The molecule has 0 saturated heterocycles. The molecule has 6 nitrogen and oxygen atoms in total. The second-order valence-electron chi connectivity index (χ2n) is 6.56. The molecule has 0 bridgehead atoms. The Hall–Kier alpha value is -1.24. The molecule has 0 unspecified atom stereocenters. The molecule has 0 aliphatic heterocycles. The molecule has 0 aromatic heterocycles. The Bertz CT molecular complexity index is 387. The Morgan fingerprint density at radius 2 is 1.58 bits per heavy atom. The summed E-state index contributed by atoms with van der Waals surface area (Å²) in [6, 6.07) is -0.882. The van der Waals surface area contributed by atoms with Gasteiger partial charge >= 0.3 is 11.9 Å². The van der Waals surface area contributed by atoms with Crippen molar-refractivity contribution in [2.24, 2.45) is 5.92 Å². The SMILES string of the molecule is CC(=O)OC(C)(C)C.CCCC(CCC)C(=O)N[C@@H](CS)C(=O)O. The van der Waals surface area contributed by atoms with Crippen molar-refractivity contribution in [3.05, 3.63) is 0 Å². The lowest BCUT2D eigenvalue weighted by Crippen LogP contribution is -2.44. The summed E-state index contributed by atoms with van der Waals surface area (Å²) in [6.07, 6.45) is 3.46. The summed E-state index contributed by atoms with van der Waals surface area (Å²) in [5.74, 6) is -1.37. The van der Waals surface area contributed by atoms with Gasteiger partial charge in [-0.2, -0.15) is 12.6 Å². The first-order chi connectivity index (χ1) is 11.0. The first-order valence-corrected chi connectivity index (χ1v) is 8.95. The van der Waals surface area contributed by atoms with E-state index in [1.54, 1.807) is 0 Å². The monoisotopic (exact) mass is 363 g/mol. The Kier molecular flexibility index (Phi) is 13.6. The van der Waals surface area contributed by atoms with Crippen molar-refractivity contribution in [3.63, 3.8) is 0 Å². The number of carbonyl (C=O) groups excluding carboxylic acids is 2. The van der Waals surface area contributed by atoms with E-state index in [0.717, 1.165) is 25.7 Å². The highest BCUT2D eigenvalue weighted by atomic mass is 32.1. The number of hydrogen-bond acceptors (Lipinski definition) is 5. The molecule has 0 aliphatic rings. The van der Waals surface area contributed by atoms with Gasteiger partial charge in [-0.1, -0.05) is 26.7 Å². The van der Waals surface area contributed by atoms with E-state index in [1.807, 2.05) is 34.6 Å². The summed E-state index contributed by atoms with van der Waals surface area (Å²) in [5.41, 5.74) is -0.328. The van der Waals surface area contributed by atoms with Crippen LogP contribution in [-0.2, 0) is 19.1 Å². The summed E-state index contributed by atoms with van der Waals surface area (Å²) in [4.78, 5) is 32.8. The number of carboxylic acids is 1. The second kappa shape index (κ2) is 13.1. The summed E-state index contributed by atoms with van der Waals surface area (Å²) >= 11 is 3.91. The van der Waals surface area contributed by atoms with Crippen molar-refractivity contribution in [2.45, 2.75) is 78.9 Å². The fourth-order valence-corrected chi connectivity index (χ4v) is 2.26. The lowest BCUT2D eigenvalue weighted by atomic mass is 9.97. The minimum Gasteiger partial charge on any atom is -0.480 e. The highest BCUT2D eigenvalue weighted by Crippen LogP contribution is 2.13. The predicted molar refractivity (Wildman–Crippen MR) is 98.2 cm³/mol. The number of nitrogens with one attached hydrogen (secondary N) is 1. The van der Waals surface area contributed by atoms with Crippen molar-refractivity contribution in [1.82, 2.24) is 5.32 Å². The minimum absolute atomic E-state index is 0.0725. The molecule has 7 heteroatoms. The average molecular weight is 364 g/mol. The number of ether oxygens (including phenoxy) is 1. The quantitative estimate of drug-likeness (QED) is 0.455. The van der Waals surface area contributed by atoms with E-state index in [4.69, 9.17) is 9.84 Å². The van der Waals surface area contributed by atoms with Crippen molar-refractivity contribution in [1.29, 1.82) is 0 Å². The van der Waals surface area contributed by atoms with E-state index in [-0.39, 0.29) is 29.1 Å². The number of hydrogen-bond donors (Lipinski definition) is 3. The molecule has 0 saturated carbocycles. The van der Waals surface area contributed by atoms with Gasteiger partial charge in [0.2, 0.25) is 5.91 Å². The second-order valence-corrected chi connectivity index (χ2v) is 6.93. The number of amides is 1. The molecule has 0 aromatic rings. The van der Waals surface area contributed by atoms with Gasteiger partial charge in [-0.15, -0.1) is 0 Å². The number of esters is 1. The third kappa shape index (κ3) is 14.4. The largest absolute Gasteiger partial charge is 0.480 e. The van der Waals surface area contributed by atoms with E-state index in [9.17, 15) is 14.4 Å². The van der Waals surface area contributed by atoms with Crippen LogP contribution in [0.1, 0.15) is 67.2 Å². The van der Waals surface area contributed by atoms with E-state index in [0.29, 0.717) is 0 Å². The highest BCUT2D eigenvalue weighted by Gasteiger charge is 2.23. The molecule has 0 spiro atoms. The molecular formula is C17H33NO5S. The molecule has 0 fully saturated rings. The van der Waals surface area contributed by atoms with Crippen LogP contribution in [0.2, 0.25) is 0 Å². The third-order valence-corrected chi connectivity index (χ3v) is 3.26. The lowest BCUT2D eigenvalue weighted by Gasteiger charge is -2.18. The highest BCUT2D eigenvalue weighted by molar-refractivity contribution is 7.80. The third-order valence-electron chi connectivity index (χ3n) is 2.89. The van der Waals surface area contributed by atoms with E-state index in [1.165, 1.54) is 6.92 Å². The van der Waals surface area contributed by atoms with Gasteiger partial charge in [-0.05, 0) is 33.6 Å². The number of carbonyl (C=O) groups is 3. The van der Waals surface area contributed by atoms with Crippen LogP contribution in [0, 0.1) is 5.92 Å². The Balaban J connectivity index is 0. The molecular weight excluding hydrogens is 330 g/mol. The molecule has 1 atom stereocenters. The normalized spacial score (nSPS) is 12.0. The van der Waals surface area contributed by atoms with Gasteiger partial charge in [0.05, 0.1) is 0 Å². The molecule has 2 N–H and O–H groups in total. The van der Waals surface area contributed by atoms with Crippen molar-refractivity contribution in [3.8, 4) is 0 Å². The van der Waals surface area contributed by atoms with Gasteiger partial charge < -0.3 is 15.2 Å². The van der Waals surface area contributed by atoms with Crippen LogP contribution in [0.5, 0.6) is 0 Å². The van der Waals surface area contributed by atoms with E-state index in [2.05, 4.69) is 17.9 Å². The van der Waals surface area contributed by atoms with Crippen LogP contribution in [0.25, 0.3) is 0 Å². The van der Waals surface area contributed by atoms with Gasteiger partial charge in [-0.25, -0.2) is 4.79 Å². The molecule has 24 heavy (non-hydrogen) atoms. The van der Waals surface area contributed by atoms with Crippen molar-refractivity contribution >= 4 is 30.5 Å². The van der Waals surface area contributed by atoms with Gasteiger partial charge in [0.25, 0.3) is 0 Å². The molecule has 0 heterocycles. The van der Waals surface area contributed by atoms with Crippen LogP contribution < -0.4 is 5.32 Å². The lowest BCUT2D eigenvalue weighted by molar-refractivity contribution is -0.152. The van der Waals surface area contributed by atoms with Crippen molar-refractivity contribution in [2.75, 3.05) is 5.75 Å². The van der Waals surface area contributed by atoms with Crippen molar-refractivity contribution < 1.29 is 24.2 Å². The molecule has 0 aromatic carbocycles. The minimum atomic E-state index is -1.03. The van der Waals surface area contributed by atoms with Crippen LogP contribution in [0.3, 0.4) is 0 Å². The summed E-state index contributed by atoms with van der Waals surface area (Å²) in [7, 11) is 0. The number of aliphatic carboxylic acids is 1. The van der Waals surface area contributed by atoms with Crippen LogP contribution in [0.15, 0.2) is 0 Å². The molecule has 0 rings (SSSR count). The van der Waals surface area contributed by atoms with Crippen LogP contribution in [0.4, 0.5) is 0 Å². The zero-order chi connectivity index (χ0) is 19.3. The summed E-state index contributed by atoms with van der Waals surface area (Å²) in [6.45, 7) is 11.0. The zero-order valence-corrected chi connectivity index (χ0v) is 16.6. The molecule has 0 radical (unpaired) electrons. The topological polar surface area (TPSA) is 92.7 Å². The number of rotatable bonds is 8. The summed E-state index contributed by atoms with van der Waals surface area (Å²) in [5, 5.41) is 11.3. The molecule has 0 aliphatic carbocycles. The fraction of sp³-hybridized carbons (Fsp3) is 0.824. The fourth-order valence-electron chi connectivity index (χ4n) is 2.01. The van der Waals surface area contributed by atoms with Crippen LogP contribution in [-0.4, -0.2) is 40.3 Å². The van der Waals surface area contributed by atoms with Gasteiger partial charge in [0, 0.05) is 18.6 Å². The van der Waals surface area contributed by atoms with Crippen LogP contribution >= 0.6 is 12.6 Å². The first kappa shape index (κ1) is 25.0. The maximum atomic E-state index is 11.8. The first-order valence-electron chi connectivity index (χ1n) is 8.32.